The van der Waals surface area contributed by atoms with Crippen molar-refractivity contribution in [3.63, 3.8) is 0 Å². The van der Waals surface area contributed by atoms with Crippen LogP contribution in [0.2, 0.25) is 0 Å². The van der Waals surface area contributed by atoms with Crippen molar-refractivity contribution in [2.75, 3.05) is 20.3 Å². The molecule has 5 nitrogen and oxygen atoms in total. The second kappa shape index (κ2) is 5.40. The van der Waals surface area contributed by atoms with Gasteiger partial charge in [-0.3, -0.25) is 10.7 Å². The third-order valence-electron chi connectivity index (χ3n) is 3.52. The molecule has 0 saturated carbocycles. The van der Waals surface area contributed by atoms with Crippen molar-refractivity contribution >= 4 is 11.9 Å². The average Bonchev–Trinajstić information content (AvgIpc) is 2.59. The molecule has 1 aromatic rings. The molecule has 2 amide bonds. The predicted octanol–water partition coefficient (Wildman–Crippen LogP) is 1.64. The molecular weight excluding hydrogens is 242 g/mol. The first kappa shape index (κ1) is 13.5. The van der Waals surface area contributed by atoms with Gasteiger partial charge >= 0.3 is 6.03 Å². The van der Waals surface area contributed by atoms with Gasteiger partial charge in [0.15, 0.2) is 0 Å². The van der Waals surface area contributed by atoms with Crippen LogP contribution in [0.5, 0.6) is 0 Å². The highest BCUT2D eigenvalue weighted by atomic mass is 16.5. The largest absolute Gasteiger partial charge is 0.383 e. The highest BCUT2D eigenvalue weighted by Crippen LogP contribution is 2.26. The number of rotatable bonds is 5. The molecule has 1 unspecified atom stereocenters. The number of methoxy groups -OCH3 is 1. The van der Waals surface area contributed by atoms with Gasteiger partial charge in [0.25, 0.3) is 0 Å². The number of hydrogen-bond donors (Lipinski definition) is 2. The van der Waals surface area contributed by atoms with Gasteiger partial charge in [0.2, 0.25) is 0 Å². The predicted molar refractivity (Wildman–Crippen MR) is 73.4 cm³/mol. The Morgan fingerprint density at radius 2 is 2.05 bits per heavy atom. The van der Waals surface area contributed by atoms with E-state index in [2.05, 4.69) is 5.32 Å². The van der Waals surface area contributed by atoms with E-state index in [1.165, 1.54) is 0 Å². The molecule has 2 N–H and O–H groups in total. The molecule has 1 fully saturated rings. The SMILES string of the molecule is COCCN1C(=O)NC(=N)C1(C)Cc1ccccc1. The molecule has 1 atom stereocenters. The number of amidine groups is 1. The summed E-state index contributed by atoms with van der Waals surface area (Å²) in [6, 6.07) is 9.68. The summed E-state index contributed by atoms with van der Waals surface area (Å²) in [6.45, 7) is 2.86. The molecule has 102 valence electrons. The first-order valence-electron chi connectivity index (χ1n) is 6.28. The Labute approximate surface area is 113 Å². The molecule has 1 heterocycles. The number of urea groups is 1. The van der Waals surface area contributed by atoms with Crippen LogP contribution in [-0.2, 0) is 11.2 Å². The lowest BCUT2D eigenvalue weighted by Crippen LogP contribution is -2.49. The topological polar surface area (TPSA) is 65.4 Å². The van der Waals surface area contributed by atoms with Crippen molar-refractivity contribution in [2.45, 2.75) is 18.9 Å². The molecule has 2 rings (SSSR count). The van der Waals surface area contributed by atoms with Gasteiger partial charge in [-0.1, -0.05) is 30.3 Å². The monoisotopic (exact) mass is 261 g/mol. The lowest BCUT2D eigenvalue weighted by atomic mass is 9.91. The summed E-state index contributed by atoms with van der Waals surface area (Å²) in [4.78, 5) is 13.6. The first-order chi connectivity index (χ1) is 9.08. The van der Waals surface area contributed by atoms with Crippen LogP contribution in [0.15, 0.2) is 30.3 Å². The molecule has 0 aromatic heterocycles. The number of ether oxygens (including phenoxy) is 1. The Balaban J connectivity index is 2.22. The maximum atomic E-state index is 11.9. The Morgan fingerprint density at radius 3 is 2.68 bits per heavy atom. The fourth-order valence-corrected chi connectivity index (χ4v) is 2.38. The lowest BCUT2D eigenvalue weighted by molar-refractivity contribution is 0.129. The van der Waals surface area contributed by atoms with Gasteiger partial charge in [-0.15, -0.1) is 0 Å². The molecule has 1 saturated heterocycles. The van der Waals surface area contributed by atoms with Gasteiger partial charge in [-0.2, -0.15) is 0 Å². The van der Waals surface area contributed by atoms with Crippen LogP contribution in [-0.4, -0.2) is 42.6 Å². The second-order valence-electron chi connectivity index (χ2n) is 4.89. The van der Waals surface area contributed by atoms with Crippen molar-refractivity contribution in [3.05, 3.63) is 35.9 Å². The lowest BCUT2D eigenvalue weighted by Gasteiger charge is -2.33. The van der Waals surface area contributed by atoms with E-state index >= 15 is 0 Å². The van der Waals surface area contributed by atoms with Crippen LogP contribution in [0, 0.1) is 5.41 Å². The van der Waals surface area contributed by atoms with Gasteiger partial charge in [0.05, 0.1) is 6.61 Å². The number of nitrogens with zero attached hydrogens (tertiary/aromatic N) is 1. The molecule has 0 radical (unpaired) electrons. The van der Waals surface area contributed by atoms with E-state index in [9.17, 15) is 4.79 Å². The van der Waals surface area contributed by atoms with E-state index in [0.29, 0.717) is 19.6 Å². The van der Waals surface area contributed by atoms with Gasteiger partial charge in [0.1, 0.15) is 11.4 Å². The summed E-state index contributed by atoms with van der Waals surface area (Å²) < 4.78 is 5.04. The summed E-state index contributed by atoms with van der Waals surface area (Å²) in [7, 11) is 1.60. The molecule has 1 aromatic carbocycles. The van der Waals surface area contributed by atoms with Gasteiger partial charge in [-0.25, -0.2) is 4.79 Å². The van der Waals surface area contributed by atoms with E-state index in [1.807, 2.05) is 37.3 Å². The van der Waals surface area contributed by atoms with Gasteiger partial charge < -0.3 is 9.64 Å². The summed E-state index contributed by atoms with van der Waals surface area (Å²) in [6.07, 6.45) is 0.620. The minimum Gasteiger partial charge on any atom is -0.383 e. The summed E-state index contributed by atoms with van der Waals surface area (Å²) in [5, 5.41) is 10.6. The van der Waals surface area contributed by atoms with Crippen LogP contribution >= 0.6 is 0 Å². The van der Waals surface area contributed by atoms with Crippen LogP contribution < -0.4 is 5.32 Å². The minimum absolute atomic E-state index is 0.222. The smallest absolute Gasteiger partial charge is 0.323 e. The Hall–Kier alpha value is -1.88. The van der Waals surface area contributed by atoms with Crippen LogP contribution in [0.1, 0.15) is 12.5 Å². The van der Waals surface area contributed by atoms with Crippen LogP contribution in [0.3, 0.4) is 0 Å². The Bertz CT molecular complexity index is 475. The third-order valence-corrected chi connectivity index (χ3v) is 3.52. The van der Waals surface area contributed by atoms with E-state index in [4.69, 9.17) is 10.1 Å². The third kappa shape index (κ3) is 2.61. The van der Waals surface area contributed by atoms with Crippen molar-refractivity contribution in [1.29, 1.82) is 5.41 Å². The first-order valence-corrected chi connectivity index (χ1v) is 6.28. The Morgan fingerprint density at radius 1 is 1.37 bits per heavy atom. The normalized spacial score (nSPS) is 22.7. The number of hydrogen-bond acceptors (Lipinski definition) is 3. The molecule has 19 heavy (non-hydrogen) atoms. The van der Waals surface area contributed by atoms with Crippen LogP contribution in [0.4, 0.5) is 4.79 Å². The number of carbonyl (C=O) groups excluding carboxylic acids is 1. The van der Waals surface area contributed by atoms with Crippen LogP contribution in [0.25, 0.3) is 0 Å². The summed E-state index contributed by atoms with van der Waals surface area (Å²) in [5.41, 5.74) is 0.477. The van der Waals surface area contributed by atoms with E-state index in [-0.39, 0.29) is 11.9 Å². The zero-order chi connectivity index (χ0) is 13.9. The van der Waals surface area contributed by atoms with E-state index < -0.39 is 5.54 Å². The number of nitrogens with one attached hydrogen (secondary N) is 2. The summed E-state index contributed by atoms with van der Waals surface area (Å²) >= 11 is 0. The van der Waals surface area contributed by atoms with E-state index in [1.54, 1.807) is 12.0 Å². The fraction of sp³-hybridized carbons (Fsp3) is 0.429. The molecule has 1 aliphatic rings. The number of carbonyl (C=O) groups is 1. The van der Waals surface area contributed by atoms with Crippen molar-refractivity contribution in [2.24, 2.45) is 0 Å². The highest BCUT2D eigenvalue weighted by Gasteiger charge is 2.46. The van der Waals surface area contributed by atoms with E-state index in [0.717, 1.165) is 5.56 Å². The summed E-state index contributed by atoms with van der Waals surface area (Å²) in [5.74, 6) is 0.248. The number of amides is 2. The Kier molecular flexibility index (Phi) is 3.85. The van der Waals surface area contributed by atoms with Crippen molar-refractivity contribution < 1.29 is 9.53 Å². The molecule has 5 heteroatoms. The second-order valence-corrected chi connectivity index (χ2v) is 4.89. The maximum Gasteiger partial charge on any atom is 0.323 e. The maximum absolute atomic E-state index is 11.9. The average molecular weight is 261 g/mol. The molecule has 1 aliphatic heterocycles. The molecule has 0 spiro atoms. The number of benzene rings is 1. The zero-order valence-electron chi connectivity index (χ0n) is 11.3. The zero-order valence-corrected chi connectivity index (χ0v) is 11.3. The highest BCUT2D eigenvalue weighted by molar-refractivity contribution is 6.08. The molecule has 0 bridgehead atoms. The quantitative estimate of drug-likeness (QED) is 0.846. The van der Waals surface area contributed by atoms with Crippen molar-refractivity contribution in [1.82, 2.24) is 10.2 Å². The minimum atomic E-state index is -0.628. The standard InChI is InChI=1S/C14H19N3O2/c1-14(10-11-6-4-3-5-7-11)12(15)16-13(18)17(14)8-9-19-2/h3-7H,8-10H2,1-2H3,(H2,15,16,18). The molecular formula is C14H19N3O2. The van der Waals surface area contributed by atoms with Gasteiger partial charge in [-0.05, 0) is 12.5 Å². The fourth-order valence-electron chi connectivity index (χ4n) is 2.38. The molecule has 0 aliphatic carbocycles. The van der Waals surface area contributed by atoms with Gasteiger partial charge in [0, 0.05) is 20.1 Å². The van der Waals surface area contributed by atoms with Crippen molar-refractivity contribution in [3.8, 4) is 0 Å².